The number of fused-ring (bicyclic) bond motifs is 1. The van der Waals surface area contributed by atoms with E-state index in [0.717, 1.165) is 23.3 Å². The maximum absolute atomic E-state index is 13.8. The zero-order valence-corrected chi connectivity index (χ0v) is 21.5. The number of piperazine rings is 1. The van der Waals surface area contributed by atoms with Crippen LogP contribution >= 0.6 is 34.8 Å². The quantitative estimate of drug-likeness (QED) is 0.423. The van der Waals surface area contributed by atoms with Gasteiger partial charge in [-0.15, -0.1) is 0 Å². The molecule has 4 rings (SSSR count). The third-order valence-corrected chi connectivity index (χ3v) is 7.40. The molecule has 0 aliphatic carbocycles. The highest BCUT2D eigenvalue weighted by atomic mass is 35.5. The molecule has 180 valence electrons. The predicted octanol–water partition coefficient (Wildman–Crippen LogP) is 5.62. The van der Waals surface area contributed by atoms with Crippen LogP contribution in [0.5, 0.6) is 0 Å². The summed E-state index contributed by atoms with van der Waals surface area (Å²) in [6, 6.07) is 10.7. The molecule has 1 unspecified atom stereocenters. The Kier molecular flexibility index (Phi) is 7.70. The first-order valence-electron chi connectivity index (χ1n) is 11.4. The van der Waals surface area contributed by atoms with E-state index >= 15 is 0 Å². The Morgan fingerprint density at radius 2 is 1.62 bits per heavy atom. The first-order chi connectivity index (χ1) is 16.3. The summed E-state index contributed by atoms with van der Waals surface area (Å²) in [7, 11) is 0. The van der Waals surface area contributed by atoms with E-state index in [0.29, 0.717) is 59.6 Å². The number of hydrogen-bond donors (Lipinski definition) is 0. The van der Waals surface area contributed by atoms with Crippen molar-refractivity contribution in [1.29, 1.82) is 0 Å². The van der Waals surface area contributed by atoms with Crippen molar-refractivity contribution in [2.45, 2.75) is 39.2 Å². The Balaban J connectivity index is 1.77. The summed E-state index contributed by atoms with van der Waals surface area (Å²) in [5.41, 5.74) is 2.38. The highest BCUT2D eigenvalue weighted by Crippen LogP contribution is 2.33. The van der Waals surface area contributed by atoms with Crippen LogP contribution in [-0.2, 0) is 16.0 Å². The van der Waals surface area contributed by atoms with Crippen LogP contribution in [0.15, 0.2) is 36.4 Å². The maximum atomic E-state index is 13.8. The molecule has 1 fully saturated rings. The minimum Gasteiger partial charge on any atom is -0.339 e. The molecular weight excluding hydrogens is 495 g/mol. The number of amides is 2. The number of aromatic nitrogens is 2. The van der Waals surface area contributed by atoms with E-state index in [1.807, 2.05) is 33.7 Å². The molecule has 1 atom stereocenters. The molecule has 34 heavy (non-hydrogen) atoms. The Morgan fingerprint density at radius 3 is 2.26 bits per heavy atom. The molecule has 0 N–H and O–H groups in total. The number of hydrogen-bond acceptors (Lipinski definition) is 3. The van der Waals surface area contributed by atoms with E-state index in [9.17, 15) is 9.59 Å². The second kappa shape index (κ2) is 10.5. The number of halogens is 3. The molecule has 2 heterocycles. The fraction of sp³-hybridized carbons (Fsp3) is 0.400. The van der Waals surface area contributed by atoms with Gasteiger partial charge in [0.15, 0.2) is 0 Å². The third kappa shape index (κ3) is 5.04. The van der Waals surface area contributed by atoms with Gasteiger partial charge in [-0.1, -0.05) is 66.3 Å². The minimum atomic E-state index is -0.450. The molecule has 2 aromatic carbocycles. The van der Waals surface area contributed by atoms with Gasteiger partial charge in [-0.25, -0.2) is 4.98 Å². The van der Waals surface area contributed by atoms with Gasteiger partial charge in [0.2, 0.25) is 11.8 Å². The summed E-state index contributed by atoms with van der Waals surface area (Å²) in [5, 5.41) is 1.48. The van der Waals surface area contributed by atoms with Gasteiger partial charge in [-0.3, -0.25) is 9.59 Å². The molecule has 1 aliphatic heterocycles. The summed E-state index contributed by atoms with van der Waals surface area (Å²) in [6.45, 7) is 5.72. The molecule has 6 nitrogen and oxygen atoms in total. The second-order valence-electron chi connectivity index (χ2n) is 8.56. The largest absolute Gasteiger partial charge is 0.339 e. The Hall–Kier alpha value is -2.28. The van der Waals surface area contributed by atoms with Crippen molar-refractivity contribution in [3.8, 4) is 0 Å². The number of carbonyl (C=O) groups excluding carboxylic acids is 2. The first kappa shape index (κ1) is 24.8. The van der Waals surface area contributed by atoms with Crippen molar-refractivity contribution in [2.24, 2.45) is 0 Å². The maximum Gasteiger partial charge on any atom is 0.245 e. The highest BCUT2D eigenvalue weighted by Gasteiger charge is 2.31. The molecule has 0 spiro atoms. The van der Waals surface area contributed by atoms with E-state index in [-0.39, 0.29) is 11.8 Å². The molecule has 9 heteroatoms. The Morgan fingerprint density at radius 1 is 0.971 bits per heavy atom. The fourth-order valence-corrected chi connectivity index (χ4v) is 5.03. The lowest BCUT2D eigenvalue weighted by Crippen LogP contribution is -2.51. The van der Waals surface area contributed by atoms with Crippen LogP contribution in [-0.4, -0.2) is 57.3 Å². The fourth-order valence-electron chi connectivity index (χ4n) is 4.51. The monoisotopic (exact) mass is 520 g/mol. The lowest BCUT2D eigenvalue weighted by Gasteiger charge is -2.36. The number of rotatable bonds is 6. The van der Waals surface area contributed by atoms with Crippen LogP contribution in [0.3, 0.4) is 0 Å². The third-order valence-electron chi connectivity index (χ3n) is 6.31. The molecule has 3 aromatic rings. The van der Waals surface area contributed by atoms with Crippen molar-refractivity contribution in [3.63, 3.8) is 0 Å². The van der Waals surface area contributed by atoms with Gasteiger partial charge < -0.3 is 14.4 Å². The molecule has 0 bridgehead atoms. The molecule has 1 aliphatic rings. The average Bonchev–Trinajstić information content (AvgIpc) is 3.15. The lowest BCUT2D eigenvalue weighted by atomic mass is 10.1. The number of imidazole rings is 1. The second-order valence-corrected chi connectivity index (χ2v) is 9.78. The van der Waals surface area contributed by atoms with Gasteiger partial charge in [-0.2, -0.15) is 0 Å². The summed E-state index contributed by atoms with van der Waals surface area (Å²) >= 11 is 19.1. The van der Waals surface area contributed by atoms with Gasteiger partial charge in [0.05, 0.1) is 21.1 Å². The van der Waals surface area contributed by atoms with Gasteiger partial charge >= 0.3 is 0 Å². The summed E-state index contributed by atoms with van der Waals surface area (Å²) in [6.07, 6.45) is 1.93. The standard InChI is InChI=1S/C25H27Cl3N4O2/c1-3-6-22(25(34)31-11-9-30(10-12-31)16(2)33)32-23-15-20(28)19(27)14-21(23)29-24(32)13-17-7-4-5-8-18(17)26/h4-5,7-8,14-15,22H,3,6,9-13H2,1-2H3. The molecular formula is C25H27Cl3N4O2. The highest BCUT2D eigenvalue weighted by molar-refractivity contribution is 6.42. The zero-order valence-electron chi connectivity index (χ0n) is 19.2. The van der Waals surface area contributed by atoms with Crippen molar-refractivity contribution < 1.29 is 9.59 Å². The van der Waals surface area contributed by atoms with E-state index in [1.54, 1.807) is 24.0 Å². The van der Waals surface area contributed by atoms with Gasteiger partial charge in [-0.05, 0) is 30.2 Å². The van der Waals surface area contributed by atoms with E-state index in [4.69, 9.17) is 39.8 Å². The molecule has 1 saturated heterocycles. The smallest absolute Gasteiger partial charge is 0.245 e. The number of benzene rings is 2. The van der Waals surface area contributed by atoms with Gasteiger partial charge in [0, 0.05) is 44.5 Å². The molecule has 2 amide bonds. The summed E-state index contributed by atoms with van der Waals surface area (Å²) < 4.78 is 2.00. The van der Waals surface area contributed by atoms with Crippen molar-refractivity contribution in [3.05, 3.63) is 62.9 Å². The minimum absolute atomic E-state index is 0.0239. The molecule has 1 aromatic heterocycles. The molecule has 0 saturated carbocycles. The van der Waals surface area contributed by atoms with Crippen LogP contribution < -0.4 is 0 Å². The van der Waals surface area contributed by atoms with Crippen molar-refractivity contribution >= 4 is 57.7 Å². The SMILES string of the molecule is CCCC(C(=O)N1CCN(C(C)=O)CC1)n1c(Cc2ccccc2Cl)nc2cc(Cl)c(Cl)cc21. The predicted molar refractivity (Wildman–Crippen MR) is 137 cm³/mol. The summed E-state index contributed by atoms with van der Waals surface area (Å²) in [4.78, 5) is 34.0. The van der Waals surface area contributed by atoms with Crippen LogP contribution in [0, 0.1) is 0 Å². The zero-order chi connectivity index (χ0) is 24.4. The topological polar surface area (TPSA) is 58.4 Å². The van der Waals surface area contributed by atoms with Crippen LogP contribution in [0.25, 0.3) is 11.0 Å². The van der Waals surface area contributed by atoms with Crippen LogP contribution in [0.1, 0.15) is 44.1 Å². The van der Waals surface area contributed by atoms with E-state index in [2.05, 4.69) is 6.92 Å². The van der Waals surface area contributed by atoms with Crippen molar-refractivity contribution in [1.82, 2.24) is 19.4 Å². The Bertz CT molecular complexity index is 1220. The van der Waals surface area contributed by atoms with E-state index in [1.165, 1.54) is 0 Å². The lowest BCUT2D eigenvalue weighted by molar-refractivity contribution is -0.140. The van der Waals surface area contributed by atoms with Crippen LogP contribution in [0.4, 0.5) is 0 Å². The summed E-state index contributed by atoms with van der Waals surface area (Å²) in [5.74, 6) is 0.790. The van der Waals surface area contributed by atoms with Crippen LogP contribution in [0.2, 0.25) is 15.1 Å². The molecule has 0 radical (unpaired) electrons. The Labute approximate surface area is 214 Å². The number of carbonyl (C=O) groups is 2. The average molecular weight is 522 g/mol. The van der Waals surface area contributed by atoms with Gasteiger partial charge in [0.25, 0.3) is 0 Å². The van der Waals surface area contributed by atoms with E-state index < -0.39 is 6.04 Å². The normalized spacial score (nSPS) is 15.1. The van der Waals surface area contributed by atoms with Gasteiger partial charge in [0.1, 0.15) is 11.9 Å². The first-order valence-corrected chi connectivity index (χ1v) is 12.6. The van der Waals surface area contributed by atoms with Crippen molar-refractivity contribution in [2.75, 3.05) is 26.2 Å². The number of nitrogens with zero attached hydrogens (tertiary/aromatic N) is 4.